The number of aryl methyl sites for hydroxylation is 2. The number of nitrogens with two attached hydrogens (primary N) is 1. The normalized spacial score (nSPS) is 13.1. The molecule has 1 aromatic heterocycles. The predicted molar refractivity (Wildman–Crippen MR) is 62.3 cm³/mol. The minimum Gasteiger partial charge on any atom is -0.272 e. The Bertz CT molecular complexity index is 293. The average Bonchev–Trinajstić information content (AvgIpc) is 2.59. The summed E-state index contributed by atoms with van der Waals surface area (Å²) in [5.74, 6) is 5.52. The van der Waals surface area contributed by atoms with E-state index in [9.17, 15) is 0 Å². The molecule has 4 heteroatoms. The first-order valence-electron chi connectivity index (χ1n) is 5.69. The van der Waals surface area contributed by atoms with Gasteiger partial charge in [0, 0.05) is 25.2 Å². The summed E-state index contributed by atoms with van der Waals surface area (Å²) in [7, 11) is 1.99. The van der Waals surface area contributed by atoms with Gasteiger partial charge in [0.05, 0.1) is 5.69 Å². The lowest BCUT2D eigenvalue weighted by atomic mass is 10.1. The monoisotopic (exact) mass is 210 g/mol. The Kier molecular flexibility index (Phi) is 4.78. The highest BCUT2D eigenvalue weighted by atomic mass is 15.3. The maximum atomic E-state index is 5.52. The second-order valence-electron chi connectivity index (χ2n) is 3.96. The highest BCUT2D eigenvalue weighted by Crippen LogP contribution is 2.09. The van der Waals surface area contributed by atoms with Crippen molar-refractivity contribution in [3.8, 4) is 0 Å². The molecule has 0 saturated heterocycles. The standard InChI is InChI=1S/C11H22N4/c1-4-6-10(13-12)8-11-7-9(5-2)14-15(11)3/h7,10,13H,4-6,8,12H2,1-3H3. The number of aromatic nitrogens is 2. The molecule has 4 nitrogen and oxygen atoms in total. The number of hydrazine groups is 1. The molecule has 1 unspecified atom stereocenters. The van der Waals surface area contributed by atoms with Crippen LogP contribution >= 0.6 is 0 Å². The number of nitrogens with one attached hydrogen (secondary N) is 1. The lowest BCUT2D eigenvalue weighted by Crippen LogP contribution is -2.37. The Labute approximate surface area is 91.8 Å². The van der Waals surface area contributed by atoms with Crippen molar-refractivity contribution < 1.29 is 0 Å². The molecule has 0 amide bonds. The summed E-state index contributed by atoms with van der Waals surface area (Å²) in [5.41, 5.74) is 5.27. The van der Waals surface area contributed by atoms with Gasteiger partial charge in [-0.3, -0.25) is 16.0 Å². The molecule has 0 saturated carbocycles. The molecule has 1 rings (SSSR count). The Balaban J connectivity index is 2.65. The fourth-order valence-corrected chi connectivity index (χ4v) is 1.78. The highest BCUT2D eigenvalue weighted by Gasteiger charge is 2.10. The fourth-order valence-electron chi connectivity index (χ4n) is 1.78. The number of hydrogen-bond donors (Lipinski definition) is 2. The van der Waals surface area contributed by atoms with Crippen molar-refractivity contribution in [2.75, 3.05) is 0 Å². The summed E-state index contributed by atoms with van der Waals surface area (Å²) < 4.78 is 1.96. The predicted octanol–water partition coefficient (Wildman–Crippen LogP) is 1.16. The van der Waals surface area contributed by atoms with Crippen LogP contribution in [0.3, 0.4) is 0 Å². The molecule has 3 N–H and O–H groups in total. The van der Waals surface area contributed by atoms with Gasteiger partial charge in [-0.25, -0.2) is 0 Å². The summed E-state index contributed by atoms with van der Waals surface area (Å²) in [6.07, 6.45) is 4.19. The van der Waals surface area contributed by atoms with Crippen molar-refractivity contribution in [2.45, 2.75) is 45.6 Å². The van der Waals surface area contributed by atoms with E-state index in [-0.39, 0.29) is 0 Å². The molecule has 0 aliphatic carbocycles. The maximum absolute atomic E-state index is 5.52. The number of rotatable bonds is 6. The van der Waals surface area contributed by atoms with Crippen LogP contribution in [0.25, 0.3) is 0 Å². The van der Waals surface area contributed by atoms with Crippen molar-refractivity contribution >= 4 is 0 Å². The lowest BCUT2D eigenvalue weighted by Gasteiger charge is -2.14. The van der Waals surface area contributed by atoms with Crippen LogP contribution in [-0.2, 0) is 19.9 Å². The molecule has 0 aliphatic rings. The van der Waals surface area contributed by atoms with Crippen molar-refractivity contribution in [3.05, 3.63) is 17.5 Å². The van der Waals surface area contributed by atoms with E-state index in [1.807, 2.05) is 11.7 Å². The van der Waals surface area contributed by atoms with Gasteiger partial charge in [0.15, 0.2) is 0 Å². The second kappa shape index (κ2) is 5.88. The third-order valence-electron chi connectivity index (χ3n) is 2.72. The van der Waals surface area contributed by atoms with Crippen molar-refractivity contribution in [2.24, 2.45) is 12.9 Å². The molecule has 0 bridgehead atoms. The van der Waals surface area contributed by atoms with Gasteiger partial charge in [-0.1, -0.05) is 20.3 Å². The van der Waals surface area contributed by atoms with Gasteiger partial charge >= 0.3 is 0 Å². The van der Waals surface area contributed by atoms with E-state index in [2.05, 4.69) is 30.4 Å². The molecule has 0 aliphatic heterocycles. The molecule has 0 radical (unpaired) electrons. The SMILES string of the molecule is CCCC(Cc1cc(CC)nn1C)NN. The molecular formula is C11H22N4. The molecule has 0 spiro atoms. The molecule has 1 atom stereocenters. The van der Waals surface area contributed by atoms with Gasteiger partial charge in [0.25, 0.3) is 0 Å². The first-order chi connectivity index (χ1) is 7.21. The maximum Gasteiger partial charge on any atom is 0.0624 e. The van der Waals surface area contributed by atoms with Gasteiger partial charge in [0.1, 0.15) is 0 Å². The number of hydrogen-bond acceptors (Lipinski definition) is 3. The molecule has 0 aromatic carbocycles. The van der Waals surface area contributed by atoms with Crippen LogP contribution in [0.4, 0.5) is 0 Å². The topological polar surface area (TPSA) is 55.9 Å². The van der Waals surface area contributed by atoms with Crippen LogP contribution in [0.2, 0.25) is 0 Å². The van der Waals surface area contributed by atoms with E-state index in [1.165, 1.54) is 5.69 Å². The Morgan fingerprint density at radius 1 is 1.53 bits per heavy atom. The summed E-state index contributed by atoms with van der Waals surface area (Å²) in [6, 6.07) is 2.52. The summed E-state index contributed by atoms with van der Waals surface area (Å²) >= 11 is 0. The van der Waals surface area contributed by atoms with Crippen molar-refractivity contribution in [1.82, 2.24) is 15.2 Å². The summed E-state index contributed by atoms with van der Waals surface area (Å²) in [5, 5.41) is 4.42. The Morgan fingerprint density at radius 3 is 2.73 bits per heavy atom. The molecule has 86 valence electrons. The van der Waals surface area contributed by atoms with Gasteiger partial charge < -0.3 is 0 Å². The zero-order valence-electron chi connectivity index (χ0n) is 9.95. The third-order valence-corrected chi connectivity index (χ3v) is 2.72. The summed E-state index contributed by atoms with van der Waals surface area (Å²) in [4.78, 5) is 0. The van der Waals surface area contributed by atoms with Crippen LogP contribution in [0.15, 0.2) is 6.07 Å². The number of nitrogens with zero attached hydrogens (tertiary/aromatic N) is 2. The molecule has 1 aromatic rings. The second-order valence-corrected chi connectivity index (χ2v) is 3.96. The van der Waals surface area contributed by atoms with E-state index in [0.29, 0.717) is 6.04 Å². The van der Waals surface area contributed by atoms with E-state index >= 15 is 0 Å². The van der Waals surface area contributed by atoms with Crippen molar-refractivity contribution in [1.29, 1.82) is 0 Å². The van der Waals surface area contributed by atoms with E-state index in [1.54, 1.807) is 0 Å². The van der Waals surface area contributed by atoms with Crippen LogP contribution in [0.5, 0.6) is 0 Å². The van der Waals surface area contributed by atoms with Gasteiger partial charge in [-0.15, -0.1) is 0 Å². The Morgan fingerprint density at radius 2 is 2.27 bits per heavy atom. The minimum absolute atomic E-state index is 0.357. The lowest BCUT2D eigenvalue weighted by molar-refractivity contribution is 0.473. The third kappa shape index (κ3) is 3.32. The highest BCUT2D eigenvalue weighted by molar-refractivity contribution is 5.11. The van der Waals surface area contributed by atoms with Crippen LogP contribution < -0.4 is 11.3 Å². The Hall–Kier alpha value is -0.870. The molecule has 1 heterocycles. The first kappa shape index (κ1) is 12.2. The van der Waals surface area contributed by atoms with Crippen LogP contribution in [-0.4, -0.2) is 15.8 Å². The zero-order chi connectivity index (χ0) is 11.3. The molecule has 0 fully saturated rings. The van der Waals surface area contributed by atoms with Crippen LogP contribution in [0, 0.1) is 0 Å². The largest absolute Gasteiger partial charge is 0.272 e. The molecule has 15 heavy (non-hydrogen) atoms. The van der Waals surface area contributed by atoms with Crippen molar-refractivity contribution in [3.63, 3.8) is 0 Å². The first-order valence-corrected chi connectivity index (χ1v) is 5.69. The van der Waals surface area contributed by atoms with E-state index in [0.717, 1.165) is 31.4 Å². The quantitative estimate of drug-likeness (QED) is 0.547. The fraction of sp³-hybridized carbons (Fsp3) is 0.727. The zero-order valence-corrected chi connectivity index (χ0v) is 9.95. The van der Waals surface area contributed by atoms with E-state index < -0.39 is 0 Å². The smallest absolute Gasteiger partial charge is 0.0624 e. The van der Waals surface area contributed by atoms with Gasteiger partial charge in [-0.2, -0.15) is 5.10 Å². The summed E-state index contributed by atoms with van der Waals surface area (Å²) in [6.45, 7) is 4.29. The van der Waals surface area contributed by atoms with Gasteiger partial charge in [0.2, 0.25) is 0 Å². The minimum atomic E-state index is 0.357. The van der Waals surface area contributed by atoms with Gasteiger partial charge in [-0.05, 0) is 18.9 Å². The molecular weight excluding hydrogens is 188 g/mol. The van der Waals surface area contributed by atoms with Crippen LogP contribution in [0.1, 0.15) is 38.1 Å². The van der Waals surface area contributed by atoms with E-state index in [4.69, 9.17) is 5.84 Å². The average molecular weight is 210 g/mol.